The molecule has 3 heterocycles. The van der Waals surface area contributed by atoms with E-state index in [4.69, 9.17) is 4.74 Å². The van der Waals surface area contributed by atoms with Crippen molar-refractivity contribution in [3.8, 4) is 11.1 Å². The van der Waals surface area contributed by atoms with E-state index in [9.17, 15) is 14.7 Å². The Morgan fingerprint density at radius 1 is 1.32 bits per heavy atom. The van der Waals surface area contributed by atoms with Gasteiger partial charge in [0.2, 0.25) is 0 Å². The lowest BCUT2D eigenvalue weighted by Crippen LogP contribution is -2.45. The highest BCUT2D eigenvalue weighted by Gasteiger charge is 2.39. The first-order valence-corrected chi connectivity index (χ1v) is 10.9. The van der Waals surface area contributed by atoms with E-state index in [-0.39, 0.29) is 5.92 Å². The maximum Gasteiger partial charge on any atom is 0.320 e. The second-order valence-corrected chi connectivity index (χ2v) is 8.60. The molecule has 159 valence electrons. The summed E-state index contributed by atoms with van der Waals surface area (Å²) in [5.74, 6) is -0.169. The van der Waals surface area contributed by atoms with Crippen LogP contribution in [0.3, 0.4) is 0 Å². The molecule has 31 heavy (non-hydrogen) atoms. The van der Waals surface area contributed by atoms with E-state index in [2.05, 4.69) is 39.4 Å². The zero-order chi connectivity index (χ0) is 21.4. The number of hydrogen-bond acceptors (Lipinski definition) is 6. The monoisotopic (exact) mass is 418 g/mol. The molecule has 8 heteroatoms. The van der Waals surface area contributed by atoms with Crippen molar-refractivity contribution in [2.24, 2.45) is 0 Å². The predicted octanol–water partition coefficient (Wildman–Crippen LogP) is 2.00. The SMILES string of the molecule is O=C[B]N[C@H](C(=O)O)[C@@H]1CCCc2ccc(-c3ccnc(N4C[C@H]5C[C@@H]4CO5)c3)cc21. The summed E-state index contributed by atoms with van der Waals surface area (Å²) in [6.07, 6.45) is 6.44. The standard InChI is InChI=1S/C23H25BN3O4/c28-13-24-26-22(23(29)30)19-3-1-2-14-4-5-15(8-20(14)19)16-6-7-25-21(9-16)27-11-18-10-17(27)12-31-18/h4-9,13,17-19,22,26H,1-3,10-12H2,(H,29,30)/t17-,18-,19-,22+/m1/s1. The fourth-order valence-corrected chi connectivity index (χ4v) is 5.30. The van der Waals surface area contributed by atoms with Gasteiger partial charge in [0.15, 0.2) is 0 Å². The Balaban J connectivity index is 1.46. The van der Waals surface area contributed by atoms with Crippen LogP contribution in [0.1, 0.15) is 36.3 Å². The Morgan fingerprint density at radius 3 is 2.94 bits per heavy atom. The van der Waals surface area contributed by atoms with Gasteiger partial charge in [-0.2, -0.15) is 0 Å². The number of ether oxygens (including phenoxy) is 1. The van der Waals surface area contributed by atoms with Crippen LogP contribution in [-0.4, -0.2) is 61.0 Å². The number of aliphatic carboxylic acids is 1. The number of nitrogens with one attached hydrogen (secondary N) is 1. The summed E-state index contributed by atoms with van der Waals surface area (Å²) in [5.41, 5.74) is 4.36. The Morgan fingerprint density at radius 2 is 2.19 bits per heavy atom. The molecule has 0 saturated carbocycles. The van der Waals surface area contributed by atoms with Gasteiger partial charge in [0.25, 0.3) is 7.41 Å². The maximum absolute atomic E-state index is 11.9. The van der Waals surface area contributed by atoms with Gasteiger partial charge in [-0.25, -0.2) is 4.98 Å². The third-order valence-electron chi connectivity index (χ3n) is 6.79. The fourth-order valence-electron chi connectivity index (χ4n) is 5.30. The van der Waals surface area contributed by atoms with Crippen LogP contribution in [-0.2, 0) is 20.7 Å². The van der Waals surface area contributed by atoms with Crippen molar-refractivity contribution < 1.29 is 19.4 Å². The topological polar surface area (TPSA) is 91.8 Å². The lowest BCUT2D eigenvalue weighted by Gasteiger charge is -2.31. The maximum atomic E-state index is 11.9. The summed E-state index contributed by atoms with van der Waals surface area (Å²) in [4.78, 5) is 29.6. The molecule has 1 aliphatic carbocycles. The van der Waals surface area contributed by atoms with E-state index in [0.717, 1.165) is 61.3 Å². The van der Waals surface area contributed by atoms with E-state index in [0.29, 0.717) is 18.3 Å². The molecule has 0 unspecified atom stereocenters. The number of carbonyl (C=O) groups excluding carboxylic acids is 1. The zero-order valence-electron chi connectivity index (χ0n) is 17.2. The van der Waals surface area contributed by atoms with Crippen LogP contribution in [0.4, 0.5) is 5.82 Å². The number of carboxylic acids is 1. The molecule has 2 aliphatic heterocycles. The van der Waals surface area contributed by atoms with Gasteiger partial charge in [0, 0.05) is 18.7 Å². The average molecular weight is 418 g/mol. The molecule has 1 radical (unpaired) electrons. The first-order valence-electron chi connectivity index (χ1n) is 10.9. The van der Waals surface area contributed by atoms with Gasteiger partial charge in [0.1, 0.15) is 11.9 Å². The van der Waals surface area contributed by atoms with E-state index in [1.807, 2.05) is 12.3 Å². The number of nitrogens with zero attached hydrogens (tertiary/aromatic N) is 2. The number of anilines is 1. The molecule has 2 N–H and O–H groups in total. The quantitative estimate of drug-likeness (QED) is 0.525. The number of aromatic nitrogens is 1. The molecule has 7 nitrogen and oxygen atoms in total. The summed E-state index contributed by atoms with van der Waals surface area (Å²) >= 11 is 0. The molecule has 2 fully saturated rings. The Hall–Kier alpha value is -2.71. The minimum atomic E-state index is -0.946. The minimum Gasteiger partial charge on any atom is -0.480 e. The number of morpholine rings is 1. The molecule has 2 bridgehead atoms. The van der Waals surface area contributed by atoms with Crippen molar-refractivity contribution in [3.05, 3.63) is 47.7 Å². The number of hydrogen-bond donors (Lipinski definition) is 2. The molecule has 0 amide bonds. The van der Waals surface area contributed by atoms with Crippen LogP contribution in [0.2, 0.25) is 0 Å². The molecule has 0 spiro atoms. The van der Waals surface area contributed by atoms with Gasteiger partial charge in [-0.3, -0.25) is 4.79 Å². The Kier molecular flexibility index (Phi) is 5.50. The number of aryl methyl sites for hydroxylation is 1. The predicted molar refractivity (Wildman–Crippen MR) is 118 cm³/mol. The number of carboxylic acid groups (broad SMARTS) is 1. The van der Waals surface area contributed by atoms with Crippen molar-refractivity contribution >= 4 is 25.4 Å². The van der Waals surface area contributed by atoms with Gasteiger partial charge in [-0.05, 0) is 60.1 Å². The molecule has 4 atom stereocenters. The number of fused-ring (bicyclic) bond motifs is 3. The molecule has 3 aliphatic rings. The number of rotatable bonds is 7. The van der Waals surface area contributed by atoms with Crippen molar-refractivity contribution in [3.63, 3.8) is 0 Å². The fraction of sp³-hybridized carbons (Fsp3) is 0.435. The number of benzene rings is 1. The van der Waals surface area contributed by atoms with E-state index < -0.39 is 12.0 Å². The molecular weight excluding hydrogens is 393 g/mol. The van der Waals surface area contributed by atoms with Crippen LogP contribution < -0.4 is 10.1 Å². The van der Waals surface area contributed by atoms with Gasteiger partial charge >= 0.3 is 5.97 Å². The molecule has 5 rings (SSSR count). The molecule has 1 aromatic carbocycles. The number of carbonyl (C=O) groups is 2. The lowest BCUT2D eigenvalue weighted by atomic mass is 9.76. The van der Waals surface area contributed by atoms with E-state index >= 15 is 0 Å². The van der Waals surface area contributed by atoms with Crippen LogP contribution in [0.25, 0.3) is 11.1 Å². The van der Waals surface area contributed by atoms with E-state index in [1.54, 1.807) is 0 Å². The molecule has 2 aromatic rings. The third kappa shape index (κ3) is 3.86. The first kappa shape index (κ1) is 20.2. The minimum absolute atomic E-state index is 0.190. The third-order valence-corrected chi connectivity index (χ3v) is 6.79. The molecular formula is C23H25BN3O4. The largest absolute Gasteiger partial charge is 0.480 e. The van der Waals surface area contributed by atoms with Gasteiger partial charge in [0.05, 0.1) is 24.9 Å². The second-order valence-electron chi connectivity index (χ2n) is 8.60. The van der Waals surface area contributed by atoms with Crippen LogP contribution in [0.15, 0.2) is 36.5 Å². The highest BCUT2D eigenvalue weighted by Crippen LogP contribution is 2.38. The number of pyridine rings is 1. The summed E-state index contributed by atoms with van der Waals surface area (Å²) in [6, 6.07) is 10.0. The van der Waals surface area contributed by atoms with Crippen molar-refractivity contribution in [1.82, 2.24) is 10.2 Å². The van der Waals surface area contributed by atoms with Crippen LogP contribution in [0, 0.1) is 0 Å². The van der Waals surface area contributed by atoms with Crippen molar-refractivity contribution in [2.45, 2.75) is 49.8 Å². The van der Waals surface area contributed by atoms with Gasteiger partial charge in [-0.1, -0.05) is 18.2 Å². The highest BCUT2D eigenvalue weighted by atomic mass is 16.5. The van der Waals surface area contributed by atoms with Gasteiger partial charge < -0.3 is 24.8 Å². The zero-order valence-corrected chi connectivity index (χ0v) is 17.2. The summed E-state index contributed by atoms with van der Waals surface area (Å²) in [7, 11) is 1.18. The van der Waals surface area contributed by atoms with Crippen molar-refractivity contribution in [2.75, 3.05) is 18.1 Å². The first-order chi connectivity index (χ1) is 15.1. The normalized spacial score (nSPS) is 25.2. The summed E-state index contributed by atoms with van der Waals surface area (Å²) in [5, 5.41) is 12.5. The average Bonchev–Trinajstić information content (AvgIpc) is 3.43. The van der Waals surface area contributed by atoms with Crippen LogP contribution >= 0.6 is 0 Å². The lowest BCUT2D eigenvalue weighted by molar-refractivity contribution is -0.139. The van der Waals surface area contributed by atoms with Gasteiger partial charge in [-0.15, -0.1) is 0 Å². The molecule has 1 aromatic heterocycles. The Labute approximate surface area is 182 Å². The van der Waals surface area contributed by atoms with E-state index in [1.165, 1.54) is 13.0 Å². The summed E-state index contributed by atoms with van der Waals surface area (Å²) < 4.78 is 5.71. The highest BCUT2D eigenvalue weighted by molar-refractivity contribution is 6.64. The Bertz CT molecular complexity index is 1000. The summed E-state index contributed by atoms with van der Waals surface area (Å²) in [6.45, 7) is 1.64. The second kappa shape index (κ2) is 8.44. The molecule has 2 saturated heterocycles. The smallest absolute Gasteiger partial charge is 0.320 e. The van der Waals surface area contributed by atoms with Crippen LogP contribution in [0.5, 0.6) is 0 Å². The van der Waals surface area contributed by atoms with Crippen molar-refractivity contribution in [1.29, 1.82) is 0 Å².